The molecule has 0 amide bonds. The van der Waals surface area contributed by atoms with Crippen molar-refractivity contribution in [1.29, 1.82) is 0 Å². The molecule has 0 aliphatic carbocycles. The molecule has 0 spiro atoms. The molecule has 0 fully saturated rings. The summed E-state index contributed by atoms with van der Waals surface area (Å²) in [7, 11) is 0. The summed E-state index contributed by atoms with van der Waals surface area (Å²) in [4.78, 5) is 0. The maximum Gasteiger partial charge on any atom is 0.0450 e. The molecule has 56 valence electrons. The van der Waals surface area contributed by atoms with Crippen LogP contribution in [0.25, 0.3) is 0 Å². The van der Waals surface area contributed by atoms with Crippen LogP contribution in [0.4, 0.5) is 0 Å². The zero-order chi connectivity index (χ0) is 7.40. The molecule has 0 radical (unpaired) electrons. The number of rotatable bonds is 3. The minimum Gasteiger partial charge on any atom is -0.350 e. The maximum absolute atomic E-state index is 5.55. The molecule has 1 rings (SSSR count). The van der Waals surface area contributed by atoms with E-state index in [9.17, 15) is 0 Å². The standard InChI is InChI=1S/C8H14N2/c1-2-8(7-9)10-5-3-4-6-10/h3-6,8H,2,7,9H2,1H3. The Morgan fingerprint density at radius 3 is 2.40 bits per heavy atom. The Balaban J connectivity index is 2.64. The third kappa shape index (κ3) is 1.39. The van der Waals surface area contributed by atoms with E-state index in [2.05, 4.69) is 23.9 Å². The summed E-state index contributed by atoms with van der Waals surface area (Å²) in [6, 6.07) is 4.53. The molecule has 0 saturated heterocycles. The lowest BCUT2D eigenvalue weighted by atomic mass is 10.2. The summed E-state index contributed by atoms with van der Waals surface area (Å²) in [6.07, 6.45) is 5.22. The monoisotopic (exact) mass is 138 g/mol. The number of nitrogens with two attached hydrogens (primary N) is 1. The van der Waals surface area contributed by atoms with Crippen molar-refractivity contribution in [2.24, 2.45) is 5.73 Å². The van der Waals surface area contributed by atoms with Gasteiger partial charge in [-0.1, -0.05) is 6.92 Å². The molecule has 1 unspecified atom stereocenters. The summed E-state index contributed by atoms with van der Waals surface area (Å²) in [5.74, 6) is 0. The predicted molar refractivity (Wildman–Crippen MR) is 42.8 cm³/mol. The molecular weight excluding hydrogens is 124 g/mol. The molecule has 0 aliphatic rings. The Kier molecular flexibility index (Phi) is 2.51. The molecule has 1 aromatic rings. The van der Waals surface area contributed by atoms with Crippen molar-refractivity contribution >= 4 is 0 Å². The molecule has 1 heterocycles. The Bertz CT molecular complexity index is 163. The molecule has 2 N–H and O–H groups in total. The van der Waals surface area contributed by atoms with Crippen molar-refractivity contribution in [3.05, 3.63) is 24.5 Å². The number of hydrogen-bond donors (Lipinski definition) is 1. The van der Waals surface area contributed by atoms with Gasteiger partial charge < -0.3 is 10.3 Å². The molecule has 0 saturated carbocycles. The van der Waals surface area contributed by atoms with Gasteiger partial charge in [0, 0.05) is 25.0 Å². The molecule has 0 aromatic carbocycles. The van der Waals surface area contributed by atoms with Crippen LogP contribution in [0.1, 0.15) is 19.4 Å². The van der Waals surface area contributed by atoms with Crippen LogP contribution in [0.15, 0.2) is 24.5 Å². The second kappa shape index (κ2) is 3.42. The Morgan fingerprint density at radius 2 is 2.00 bits per heavy atom. The SMILES string of the molecule is CCC(CN)n1cccc1. The number of aromatic nitrogens is 1. The van der Waals surface area contributed by atoms with Crippen LogP contribution in [0, 0.1) is 0 Å². The molecule has 2 heteroatoms. The van der Waals surface area contributed by atoms with E-state index in [1.807, 2.05) is 12.1 Å². The zero-order valence-electron chi connectivity index (χ0n) is 6.33. The lowest BCUT2D eigenvalue weighted by Crippen LogP contribution is -2.16. The minimum absolute atomic E-state index is 0.481. The van der Waals surface area contributed by atoms with E-state index in [4.69, 9.17) is 5.73 Å². The molecule has 0 bridgehead atoms. The van der Waals surface area contributed by atoms with Crippen molar-refractivity contribution in [3.8, 4) is 0 Å². The van der Waals surface area contributed by atoms with Crippen molar-refractivity contribution in [3.63, 3.8) is 0 Å². The summed E-state index contributed by atoms with van der Waals surface area (Å²) in [5, 5.41) is 0. The predicted octanol–water partition coefficient (Wildman–Crippen LogP) is 1.40. The van der Waals surface area contributed by atoms with E-state index >= 15 is 0 Å². The van der Waals surface area contributed by atoms with Crippen LogP contribution >= 0.6 is 0 Å². The van der Waals surface area contributed by atoms with Crippen LogP contribution < -0.4 is 5.73 Å². The van der Waals surface area contributed by atoms with Gasteiger partial charge >= 0.3 is 0 Å². The highest BCUT2D eigenvalue weighted by Gasteiger charge is 2.02. The van der Waals surface area contributed by atoms with E-state index in [0.717, 1.165) is 13.0 Å². The van der Waals surface area contributed by atoms with E-state index in [0.29, 0.717) is 6.04 Å². The second-order valence-corrected chi connectivity index (χ2v) is 2.43. The molecule has 10 heavy (non-hydrogen) atoms. The maximum atomic E-state index is 5.55. The van der Waals surface area contributed by atoms with Crippen LogP contribution in [0.2, 0.25) is 0 Å². The van der Waals surface area contributed by atoms with Crippen molar-refractivity contribution in [1.82, 2.24) is 4.57 Å². The fraction of sp³-hybridized carbons (Fsp3) is 0.500. The molecule has 1 aromatic heterocycles. The smallest absolute Gasteiger partial charge is 0.0450 e. The summed E-state index contributed by atoms with van der Waals surface area (Å²) < 4.78 is 2.15. The van der Waals surface area contributed by atoms with Gasteiger partial charge in [0.25, 0.3) is 0 Å². The second-order valence-electron chi connectivity index (χ2n) is 2.43. The summed E-state index contributed by atoms with van der Waals surface area (Å²) in [6.45, 7) is 2.88. The van der Waals surface area contributed by atoms with E-state index < -0.39 is 0 Å². The largest absolute Gasteiger partial charge is 0.350 e. The van der Waals surface area contributed by atoms with Gasteiger partial charge in [-0.15, -0.1) is 0 Å². The molecule has 2 nitrogen and oxygen atoms in total. The van der Waals surface area contributed by atoms with Gasteiger partial charge in [-0.2, -0.15) is 0 Å². The normalized spacial score (nSPS) is 13.4. The lowest BCUT2D eigenvalue weighted by molar-refractivity contribution is 0.498. The van der Waals surface area contributed by atoms with Gasteiger partial charge in [-0.25, -0.2) is 0 Å². The zero-order valence-corrected chi connectivity index (χ0v) is 6.33. The lowest BCUT2D eigenvalue weighted by Gasteiger charge is -2.13. The fourth-order valence-corrected chi connectivity index (χ4v) is 1.09. The quantitative estimate of drug-likeness (QED) is 0.672. The highest BCUT2D eigenvalue weighted by atomic mass is 15.0. The third-order valence-electron chi connectivity index (χ3n) is 1.79. The minimum atomic E-state index is 0.481. The van der Waals surface area contributed by atoms with Crippen molar-refractivity contribution < 1.29 is 0 Å². The Morgan fingerprint density at radius 1 is 1.40 bits per heavy atom. The number of hydrogen-bond acceptors (Lipinski definition) is 1. The first kappa shape index (κ1) is 7.35. The van der Waals surface area contributed by atoms with Crippen LogP contribution in [0.3, 0.4) is 0 Å². The molecule has 0 aliphatic heterocycles. The average Bonchev–Trinajstić information content (AvgIpc) is 2.43. The van der Waals surface area contributed by atoms with Gasteiger partial charge in [-0.05, 0) is 18.6 Å². The first-order chi connectivity index (χ1) is 4.88. The first-order valence-corrected chi connectivity index (χ1v) is 3.71. The van der Waals surface area contributed by atoms with E-state index in [1.165, 1.54) is 0 Å². The highest BCUT2D eigenvalue weighted by molar-refractivity contribution is 4.93. The van der Waals surface area contributed by atoms with Gasteiger partial charge in [-0.3, -0.25) is 0 Å². The van der Waals surface area contributed by atoms with Gasteiger partial charge in [0.2, 0.25) is 0 Å². The van der Waals surface area contributed by atoms with Crippen LogP contribution in [0.5, 0.6) is 0 Å². The molecule has 1 atom stereocenters. The third-order valence-corrected chi connectivity index (χ3v) is 1.79. The van der Waals surface area contributed by atoms with Crippen LogP contribution in [-0.4, -0.2) is 11.1 Å². The van der Waals surface area contributed by atoms with Crippen molar-refractivity contribution in [2.75, 3.05) is 6.54 Å². The van der Waals surface area contributed by atoms with Gasteiger partial charge in [0.15, 0.2) is 0 Å². The average molecular weight is 138 g/mol. The number of nitrogens with zero attached hydrogens (tertiary/aromatic N) is 1. The van der Waals surface area contributed by atoms with E-state index in [-0.39, 0.29) is 0 Å². The topological polar surface area (TPSA) is 30.9 Å². The highest BCUT2D eigenvalue weighted by Crippen LogP contribution is 2.08. The van der Waals surface area contributed by atoms with Crippen LogP contribution in [-0.2, 0) is 0 Å². The van der Waals surface area contributed by atoms with Crippen molar-refractivity contribution in [2.45, 2.75) is 19.4 Å². The van der Waals surface area contributed by atoms with E-state index in [1.54, 1.807) is 0 Å². The Labute approximate surface area is 61.7 Å². The van der Waals surface area contributed by atoms with Gasteiger partial charge in [0.05, 0.1) is 0 Å². The Hall–Kier alpha value is -0.760. The fourth-order valence-electron chi connectivity index (χ4n) is 1.09. The summed E-state index contributed by atoms with van der Waals surface area (Å²) in [5.41, 5.74) is 5.55. The summed E-state index contributed by atoms with van der Waals surface area (Å²) >= 11 is 0. The molecular formula is C8H14N2. The van der Waals surface area contributed by atoms with Gasteiger partial charge in [0.1, 0.15) is 0 Å². The first-order valence-electron chi connectivity index (χ1n) is 3.71.